The van der Waals surface area contributed by atoms with E-state index in [0.29, 0.717) is 11.4 Å². The highest BCUT2D eigenvalue weighted by Crippen LogP contribution is 2.41. The van der Waals surface area contributed by atoms with Crippen LogP contribution in [0.2, 0.25) is 10.0 Å². The van der Waals surface area contributed by atoms with Gasteiger partial charge in [-0.1, -0.05) is 29.8 Å². The third-order valence-corrected chi connectivity index (χ3v) is 4.63. The molecule has 2 aromatic carbocycles. The number of nitrogens with one attached hydrogen (secondary N) is 1. The lowest BCUT2D eigenvalue weighted by molar-refractivity contribution is -0.115. The molecule has 1 N–H and O–H groups in total. The first-order chi connectivity index (χ1) is 12.7. The molecule has 0 radical (unpaired) electrons. The number of aryl methyl sites for hydroxylation is 1. The molecule has 0 bridgehead atoms. The Balaban J connectivity index is 1.92. The molecule has 1 aliphatic heterocycles. The summed E-state index contributed by atoms with van der Waals surface area (Å²) in [5.74, 6) is 0.271. The molecular weight excluding hydrogens is 389 g/mol. The molecule has 0 atom stereocenters. The summed E-state index contributed by atoms with van der Waals surface area (Å²) in [5.41, 5.74) is 2.42. The Kier molecular flexibility index (Phi) is 5.04. The van der Waals surface area contributed by atoms with E-state index >= 15 is 0 Å². The van der Waals surface area contributed by atoms with Crippen molar-refractivity contribution in [3.8, 4) is 11.5 Å². The van der Waals surface area contributed by atoms with E-state index in [4.69, 9.17) is 27.9 Å². The van der Waals surface area contributed by atoms with Crippen molar-refractivity contribution in [1.29, 1.82) is 0 Å². The molecule has 0 aromatic heterocycles. The zero-order chi connectivity index (χ0) is 19.9. The fourth-order valence-corrected chi connectivity index (χ4v) is 3.36. The first-order valence-corrected chi connectivity index (χ1v) is 8.74. The van der Waals surface area contributed by atoms with Gasteiger partial charge in [0.2, 0.25) is 0 Å². The van der Waals surface area contributed by atoms with Gasteiger partial charge in [0.15, 0.2) is 5.75 Å². The van der Waals surface area contributed by atoms with Gasteiger partial charge in [0.25, 0.3) is 5.91 Å². The van der Waals surface area contributed by atoms with Crippen LogP contribution in [-0.2, 0) is 4.79 Å². The van der Waals surface area contributed by atoms with Gasteiger partial charge < -0.3 is 9.64 Å². The summed E-state index contributed by atoms with van der Waals surface area (Å²) in [5, 5.41) is 2.56. The molecular formula is C19H17Cl2N3O3. The van der Waals surface area contributed by atoms with E-state index in [1.165, 1.54) is 12.1 Å². The quantitative estimate of drug-likeness (QED) is 0.589. The zero-order valence-corrected chi connectivity index (χ0v) is 16.5. The zero-order valence-electron chi connectivity index (χ0n) is 15.0. The Morgan fingerprint density at radius 2 is 1.74 bits per heavy atom. The van der Waals surface area contributed by atoms with E-state index in [9.17, 15) is 9.59 Å². The Morgan fingerprint density at radius 3 is 2.22 bits per heavy atom. The van der Waals surface area contributed by atoms with Crippen molar-refractivity contribution in [3.05, 3.63) is 58.2 Å². The van der Waals surface area contributed by atoms with Gasteiger partial charge in [0, 0.05) is 19.8 Å². The fourth-order valence-electron chi connectivity index (χ4n) is 2.81. The van der Waals surface area contributed by atoms with Crippen LogP contribution in [0.3, 0.4) is 0 Å². The van der Waals surface area contributed by atoms with Gasteiger partial charge >= 0.3 is 6.03 Å². The van der Waals surface area contributed by atoms with E-state index in [0.717, 1.165) is 16.2 Å². The predicted octanol–water partition coefficient (Wildman–Crippen LogP) is 4.73. The number of carbonyl (C=O) groups excluding carboxylic acids is 2. The summed E-state index contributed by atoms with van der Waals surface area (Å²) in [6.45, 7) is 5.57. The molecule has 8 heteroatoms. The van der Waals surface area contributed by atoms with Crippen LogP contribution >= 0.6 is 23.2 Å². The number of halogens is 2. The predicted molar refractivity (Wildman–Crippen MR) is 107 cm³/mol. The van der Waals surface area contributed by atoms with Crippen LogP contribution in [0.25, 0.3) is 0 Å². The lowest BCUT2D eigenvalue weighted by atomic mass is 10.2. The number of amides is 3. The van der Waals surface area contributed by atoms with E-state index in [2.05, 4.69) is 11.9 Å². The second kappa shape index (κ2) is 7.13. The lowest BCUT2D eigenvalue weighted by Gasteiger charge is -2.19. The van der Waals surface area contributed by atoms with Gasteiger partial charge in [-0.05, 0) is 42.8 Å². The van der Waals surface area contributed by atoms with E-state index in [-0.39, 0.29) is 21.5 Å². The number of imide groups is 1. The second-order valence-corrected chi connectivity index (χ2v) is 7.04. The minimum Gasteiger partial charge on any atom is -0.454 e. The van der Waals surface area contributed by atoms with Crippen LogP contribution in [0.5, 0.6) is 11.5 Å². The van der Waals surface area contributed by atoms with Crippen LogP contribution in [0, 0.1) is 6.92 Å². The molecule has 1 saturated heterocycles. The van der Waals surface area contributed by atoms with Gasteiger partial charge in [-0.2, -0.15) is 0 Å². The molecule has 0 aliphatic carbocycles. The topological polar surface area (TPSA) is 61.9 Å². The number of nitrogens with zero attached hydrogens (tertiary/aromatic N) is 2. The standard InChI is InChI=1S/C19H17Cl2N3O3/c1-10-7-13(5-6-16(10)23(3)4)27-17-14(20)8-12(9-15(17)21)24-11(2)18(25)22-19(24)26/h5-9H,2H2,1,3-4H3,(H,22,25,26). The molecule has 0 unspecified atom stereocenters. The molecule has 3 amide bonds. The van der Waals surface area contributed by atoms with Crippen molar-refractivity contribution in [2.24, 2.45) is 0 Å². The number of rotatable bonds is 4. The Bertz CT molecular complexity index is 950. The fraction of sp³-hybridized carbons (Fsp3) is 0.158. The number of hydrogen-bond acceptors (Lipinski definition) is 4. The highest BCUT2D eigenvalue weighted by atomic mass is 35.5. The van der Waals surface area contributed by atoms with Gasteiger partial charge in [0.05, 0.1) is 15.7 Å². The maximum Gasteiger partial charge on any atom is 0.333 e. The van der Waals surface area contributed by atoms with E-state index in [1.807, 2.05) is 44.1 Å². The second-order valence-electron chi connectivity index (χ2n) is 6.22. The van der Waals surface area contributed by atoms with Crippen molar-refractivity contribution in [2.75, 3.05) is 23.9 Å². The highest BCUT2D eigenvalue weighted by Gasteiger charge is 2.33. The molecule has 2 aromatic rings. The third kappa shape index (κ3) is 3.59. The average Bonchev–Trinajstić information content (AvgIpc) is 2.83. The molecule has 27 heavy (non-hydrogen) atoms. The van der Waals surface area contributed by atoms with Crippen LogP contribution in [-0.4, -0.2) is 26.0 Å². The minimum absolute atomic E-state index is 0.00398. The largest absolute Gasteiger partial charge is 0.454 e. The van der Waals surface area contributed by atoms with Crippen molar-refractivity contribution in [1.82, 2.24) is 5.32 Å². The Morgan fingerprint density at radius 1 is 1.11 bits per heavy atom. The summed E-state index contributed by atoms with van der Waals surface area (Å²) in [6.07, 6.45) is 0. The molecule has 1 heterocycles. The van der Waals surface area contributed by atoms with Gasteiger partial charge in [-0.3, -0.25) is 15.0 Å². The van der Waals surface area contributed by atoms with Crippen LogP contribution in [0.4, 0.5) is 16.2 Å². The lowest BCUT2D eigenvalue weighted by Crippen LogP contribution is -2.27. The molecule has 6 nitrogen and oxygen atoms in total. The van der Waals surface area contributed by atoms with Crippen molar-refractivity contribution in [2.45, 2.75) is 6.92 Å². The maximum absolute atomic E-state index is 11.9. The minimum atomic E-state index is -0.610. The first-order valence-electron chi connectivity index (χ1n) is 7.98. The number of carbonyl (C=O) groups is 2. The van der Waals surface area contributed by atoms with Gasteiger partial charge in [-0.25, -0.2) is 4.79 Å². The summed E-state index contributed by atoms with van der Waals surface area (Å²) in [7, 11) is 3.92. The number of ether oxygens (including phenoxy) is 1. The van der Waals surface area contributed by atoms with E-state index < -0.39 is 11.9 Å². The van der Waals surface area contributed by atoms with Gasteiger partial charge in [0.1, 0.15) is 11.4 Å². The summed E-state index contributed by atoms with van der Waals surface area (Å²) in [4.78, 5) is 26.6. The average molecular weight is 406 g/mol. The molecule has 0 spiro atoms. The van der Waals surface area contributed by atoms with Gasteiger partial charge in [-0.15, -0.1) is 0 Å². The Labute approximate surface area is 166 Å². The number of anilines is 2. The van der Waals surface area contributed by atoms with Crippen LogP contribution < -0.4 is 19.9 Å². The molecule has 1 aliphatic rings. The van der Waals surface area contributed by atoms with Crippen molar-refractivity contribution >= 4 is 46.5 Å². The van der Waals surface area contributed by atoms with E-state index in [1.54, 1.807) is 0 Å². The summed E-state index contributed by atoms with van der Waals surface area (Å²) in [6, 6.07) is 8.01. The number of benzene rings is 2. The van der Waals surface area contributed by atoms with Crippen molar-refractivity contribution < 1.29 is 14.3 Å². The maximum atomic E-state index is 11.9. The van der Waals surface area contributed by atoms with Crippen LogP contribution in [0.15, 0.2) is 42.6 Å². The molecule has 0 saturated carbocycles. The van der Waals surface area contributed by atoms with Crippen molar-refractivity contribution in [3.63, 3.8) is 0 Å². The smallest absolute Gasteiger partial charge is 0.333 e. The summed E-state index contributed by atoms with van der Waals surface area (Å²) < 4.78 is 5.86. The molecule has 140 valence electrons. The summed E-state index contributed by atoms with van der Waals surface area (Å²) >= 11 is 12.7. The number of urea groups is 1. The monoisotopic (exact) mass is 405 g/mol. The Hall–Kier alpha value is -2.70. The SMILES string of the molecule is C=C1C(=O)NC(=O)N1c1cc(Cl)c(Oc2ccc(N(C)C)c(C)c2)c(Cl)c1. The normalized spacial score (nSPS) is 13.8. The highest BCUT2D eigenvalue weighted by molar-refractivity contribution is 6.38. The first kappa shape index (κ1) is 19.1. The molecule has 3 rings (SSSR count). The third-order valence-electron chi connectivity index (χ3n) is 4.07. The van der Waals surface area contributed by atoms with Crippen LogP contribution in [0.1, 0.15) is 5.56 Å². The number of hydrogen-bond donors (Lipinski definition) is 1. The molecule has 1 fully saturated rings.